The van der Waals surface area contributed by atoms with Crippen LogP contribution in [0.5, 0.6) is 11.5 Å². The number of hydrogen-bond acceptors (Lipinski definition) is 4. The maximum absolute atomic E-state index is 12.3. The Hall–Kier alpha value is -3.11. The molecular formula is C21H15ClO4. The van der Waals surface area contributed by atoms with Crippen LogP contribution in [0.2, 0.25) is 5.02 Å². The lowest BCUT2D eigenvalue weighted by Crippen LogP contribution is -2.12. The molecule has 4 nitrogen and oxygen atoms in total. The van der Waals surface area contributed by atoms with Gasteiger partial charge in [-0.15, -0.1) is 0 Å². The molecule has 0 atom stereocenters. The monoisotopic (exact) mass is 366 g/mol. The molecule has 0 amide bonds. The molecule has 0 saturated carbocycles. The van der Waals surface area contributed by atoms with Crippen LogP contribution in [0.3, 0.4) is 0 Å². The van der Waals surface area contributed by atoms with Crippen LogP contribution in [0.1, 0.15) is 26.3 Å². The number of aryl methyl sites for hydroxylation is 1. The number of benzene rings is 3. The Kier molecular flexibility index (Phi) is 5.34. The van der Waals surface area contributed by atoms with Crippen LogP contribution < -0.4 is 9.47 Å². The van der Waals surface area contributed by atoms with Gasteiger partial charge in [0.05, 0.1) is 16.1 Å². The Labute approximate surface area is 155 Å². The van der Waals surface area contributed by atoms with E-state index in [0.29, 0.717) is 5.56 Å². The minimum atomic E-state index is -0.630. The van der Waals surface area contributed by atoms with Crippen LogP contribution in [-0.4, -0.2) is 11.9 Å². The highest BCUT2D eigenvalue weighted by molar-refractivity contribution is 6.33. The molecule has 0 aromatic heterocycles. The summed E-state index contributed by atoms with van der Waals surface area (Å²) in [5.41, 5.74) is 1.67. The molecule has 5 heteroatoms. The SMILES string of the molecule is Cc1ccc(C(=O)Oc2ccccc2OC(=O)c2ccccc2Cl)cc1. The first-order chi connectivity index (χ1) is 12.5. The lowest BCUT2D eigenvalue weighted by atomic mass is 10.1. The minimum Gasteiger partial charge on any atom is -0.419 e. The number of halogens is 1. The average molecular weight is 367 g/mol. The zero-order valence-corrected chi connectivity index (χ0v) is 14.7. The van der Waals surface area contributed by atoms with Crippen molar-refractivity contribution in [1.29, 1.82) is 0 Å². The molecule has 0 spiro atoms. The fourth-order valence-electron chi connectivity index (χ4n) is 2.25. The molecular weight excluding hydrogens is 352 g/mol. The smallest absolute Gasteiger partial charge is 0.345 e. The normalized spacial score (nSPS) is 10.2. The van der Waals surface area contributed by atoms with Crippen LogP contribution in [0.4, 0.5) is 0 Å². The third-order valence-electron chi connectivity index (χ3n) is 3.64. The van der Waals surface area contributed by atoms with E-state index in [2.05, 4.69) is 0 Å². The van der Waals surface area contributed by atoms with Crippen molar-refractivity contribution in [1.82, 2.24) is 0 Å². The van der Waals surface area contributed by atoms with E-state index in [1.807, 2.05) is 19.1 Å². The van der Waals surface area contributed by atoms with Gasteiger partial charge in [-0.05, 0) is 43.3 Å². The summed E-state index contributed by atoms with van der Waals surface area (Å²) in [6, 6.07) is 20.0. The Balaban J connectivity index is 1.80. The predicted molar refractivity (Wildman–Crippen MR) is 99.0 cm³/mol. The molecule has 0 fully saturated rings. The molecule has 0 N–H and O–H groups in total. The molecule has 26 heavy (non-hydrogen) atoms. The number of rotatable bonds is 4. The first-order valence-electron chi connectivity index (χ1n) is 7.89. The van der Waals surface area contributed by atoms with Gasteiger partial charge in [0.1, 0.15) is 0 Å². The van der Waals surface area contributed by atoms with Crippen LogP contribution in [0.25, 0.3) is 0 Å². The average Bonchev–Trinajstić information content (AvgIpc) is 2.64. The molecule has 130 valence electrons. The van der Waals surface area contributed by atoms with Crippen LogP contribution in [0, 0.1) is 6.92 Å². The van der Waals surface area contributed by atoms with E-state index in [-0.39, 0.29) is 22.1 Å². The Morgan fingerprint density at radius 1 is 0.731 bits per heavy atom. The van der Waals surface area contributed by atoms with Crippen LogP contribution >= 0.6 is 11.6 Å². The van der Waals surface area contributed by atoms with E-state index in [1.165, 1.54) is 0 Å². The summed E-state index contributed by atoms with van der Waals surface area (Å²) in [6.45, 7) is 1.93. The van der Waals surface area contributed by atoms with E-state index in [0.717, 1.165) is 5.56 Å². The largest absolute Gasteiger partial charge is 0.419 e. The first-order valence-corrected chi connectivity index (χ1v) is 8.27. The Morgan fingerprint density at radius 2 is 1.27 bits per heavy atom. The van der Waals surface area contributed by atoms with Crippen molar-refractivity contribution in [2.75, 3.05) is 0 Å². The van der Waals surface area contributed by atoms with Gasteiger partial charge >= 0.3 is 11.9 Å². The Bertz CT molecular complexity index is 948. The summed E-state index contributed by atoms with van der Waals surface area (Å²) < 4.78 is 10.8. The number of esters is 2. The second kappa shape index (κ2) is 7.85. The van der Waals surface area contributed by atoms with E-state index in [9.17, 15) is 9.59 Å². The van der Waals surface area contributed by atoms with Crippen LogP contribution in [0.15, 0.2) is 72.8 Å². The van der Waals surface area contributed by atoms with E-state index in [1.54, 1.807) is 60.7 Å². The highest BCUT2D eigenvalue weighted by Crippen LogP contribution is 2.29. The fraction of sp³-hybridized carbons (Fsp3) is 0.0476. The van der Waals surface area contributed by atoms with Crippen LogP contribution in [-0.2, 0) is 0 Å². The number of para-hydroxylation sites is 2. The molecule has 0 bridgehead atoms. The van der Waals surface area contributed by atoms with Gasteiger partial charge in [0.15, 0.2) is 11.5 Å². The molecule has 3 aromatic rings. The van der Waals surface area contributed by atoms with Gasteiger partial charge in [-0.1, -0.05) is 53.6 Å². The van der Waals surface area contributed by atoms with Gasteiger partial charge in [-0.25, -0.2) is 9.59 Å². The van der Waals surface area contributed by atoms with E-state index < -0.39 is 11.9 Å². The summed E-state index contributed by atoms with van der Waals surface area (Å²) in [5, 5.41) is 0.284. The molecule has 0 aliphatic carbocycles. The topological polar surface area (TPSA) is 52.6 Å². The maximum Gasteiger partial charge on any atom is 0.345 e. The second-order valence-corrected chi connectivity index (χ2v) is 5.98. The summed E-state index contributed by atoms with van der Waals surface area (Å²) in [6.07, 6.45) is 0. The highest BCUT2D eigenvalue weighted by Gasteiger charge is 2.17. The van der Waals surface area contributed by atoms with Crippen molar-refractivity contribution in [3.63, 3.8) is 0 Å². The standard InChI is InChI=1S/C21H15ClO4/c1-14-10-12-15(13-11-14)20(23)25-18-8-4-5-9-19(18)26-21(24)16-6-2-3-7-17(16)22/h2-13H,1H3. The van der Waals surface area contributed by atoms with Gasteiger partial charge in [0.25, 0.3) is 0 Å². The number of ether oxygens (including phenoxy) is 2. The van der Waals surface area contributed by atoms with Crippen molar-refractivity contribution in [3.8, 4) is 11.5 Å². The van der Waals surface area contributed by atoms with Crippen molar-refractivity contribution in [2.24, 2.45) is 0 Å². The zero-order valence-electron chi connectivity index (χ0n) is 13.9. The van der Waals surface area contributed by atoms with Crippen molar-refractivity contribution < 1.29 is 19.1 Å². The number of carbonyl (C=O) groups is 2. The molecule has 0 radical (unpaired) electrons. The molecule has 0 aliphatic heterocycles. The van der Waals surface area contributed by atoms with Gasteiger partial charge in [0, 0.05) is 0 Å². The molecule has 0 heterocycles. The molecule has 0 saturated heterocycles. The lowest BCUT2D eigenvalue weighted by Gasteiger charge is -2.11. The van der Waals surface area contributed by atoms with Crippen molar-refractivity contribution >= 4 is 23.5 Å². The van der Waals surface area contributed by atoms with Gasteiger partial charge < -0.3 is 9.47 Å². The molecule has 0 unspecified atom stereocenters. The van der Waals surface area contributed by atoms with Gasteiger partial charge in [0.2, 0.25) is 0 Å². The van der Waals surface area contributed by atoms with Crippen molar-refractivity contribution in [2.45, 2.75) is 6.92 Å². The predicted octanol–water partition coefficient (Wildman–Crippen LogP) is 5.09. The van der Waals surface area contributed by atoms with Crippen molar-refractivity contribution in [3.05, 3.63) is 94.5 Å². The molecule has 3 aromatic carbocycles. The van der Waals surface area contributed by atoms with E-state index >= 15 is 0 Å². The summed E-state index contributed by atoms with van der Waals surface area (Å²) >= 11 is 6.02. The van der Waals surface area contributed by atoms with Gasteiger partial charge in [-0.2, -0.15) is 0 Å². The minimum absolute atomic E-state index is 0.137. The lowest BCUT2D eigenvalue weighted by molar-refractivity contribution is 0.0682. The second-order valence-electron chi connectivity index (χ2n) is 5.57. The van der Waals surface area contributed by atoms with Gasteiger partial charge in [-0.3, -0.25) is 0 Å². The Morgan fingerprint density at radius 3 is 1.88 bits per heavy atom. The number of carbonyl (C=O) groups excluding carboxylic acids is 2. The van der Waals surface area contributed by atoms with E-state index in [4.69, 9.17) is 21.1 Å². The summed E-state index contributed by atoms with van der Waals surface area (Å²) in [7, 11) is 0. The molecule has 0 aliphatic rings. The highest BCUT2D eigenvalue weighted by atomic mass is 35.5. The quantitative estimate of drug-likeness (QED) is 0.477. The maximum atomic E-state index is 12.3. The third kappa shape index (κ3) is 4.10. The third-order valence-corrected chi connectivity index (χ3v) is 3.97. The molecule has 3 rings (SSSR count). The first kappa shape index (κ1) is 17.7. The fourth-order valence-corrected chi connectivity index (χ4v) is 2.46. The summed E-state index contributed by atoms with van der Waals surface area (Å²) in [5.74, 6) is -0.878. The number of hydrogen-bond donors (Lipinski definition) is 0. The zero-order chi connectivity index (χ0) is 18.5. The summed E-state index contributed by atoms with van der Waals surface area (Å²) in [4.78, 5) is 24.6.